The number of hydrogen-bond acceptors (Lipinski definition) is 6. The molecule has 36 heavy (non-hydrogen) atoms. The van der Waals surface area contributed by atoms with Crippen molar-refractivity contribution >= 4 is 23.9 Å². The van der Waals surface area contributed by atoms with Crippen molar-refractivity contribution in [1.82, 2.24) is 15.2 Å². The Morgan fingerprint density at radius 2 is 1.89 bits per heavy atom. The molecule has 0 radical (unpaired) electrons. The predicted octanol–water partition coefficient (Wildman–Crippen LogP) is 3.78. The SMILES string of the molecule is COC(=O)C1=C(C)N(Cc2cccnc2)C(=O)/C1=C\c1ccc(OCC(=O)NC2CCCCC2)cc1. The highest BCUT2D eigenvalue weighted by Crippen LogP contribution is 2.33. The van der Waals surface area contributed by atoms with Crippen LogP contribution in [0.2, 0.25) is 0 Å². The summed E-state index contributed by atoms with van der Waals surface area (Å²) in [5.74, 6) is -0.422. The van der Waals surface area contributed by atoms with Crippen LogP contribution >= 0.6 is 0 Å². The van der Waals surface area contributed by atoms with Crippen LogP contribution in [-0.2, 0) is 25.7 Å². The van der Waals surface area contributed by atoms with Crippen LogP contribution in [0.1, 0.15) is 50.2 Å². The van der Waals surface area contributed by atoms with Gasteiger partial charge in [0.1, 0.15) is 5.75 Å². The van der Waals surface area contributed by atoms with Gasteiger partial charge in [-0.1, -0.05) is 37.5 Å². The molecule has 1 aromatic heterocycles. The van der Waals surface area contributed by atoms with Gasteiger partial charge in [0.2, 0.25) is 0 Å². The maximum Gasteiger partial charge on any atom is 0.340 e. The van der Waals surface area contributed by atoms with Crippen molar-refractivity contribution in [2.45, 2.75) is 51.6 Å². The number of carbonyl (C=O) groups excluding carboxylic acids is 3. The standard InChI is InChI=1S/C28H31N3O5/c1-19-26(28(34)35-2)24(27(33)31(19)17-21-7-6-14-29-16-21)15-20-10-12-23(13-11-20)36-18-25(32)30-22-8-4-3-5-9-22/h6-7,10-16,22H,3-5,8-9,17-18H2,1-2H3,(H,30,32)/b24-15-. The summed E-state index contributed by atoms with van der Waals surface area (Å²) in [6, 6.07) is 11.0. The van der Waals surface area contributed by atoms with Crippen LogP contribution in [0.3, 0.4) is 0 Å². The lowest BCUT2D eigenvalue weighted by atomic mass is 9.95. The molecule has 8 heteroatoms. The average molecular weight is 490 g/mol. The average Bonchev–Trinajstić information content (AvgIpc) is 3.13. The lowest BCUT2D eigenvalue weighted by molar-refractivity contribution is -0.136. The first-order chi connectivity index (χ1) is 17.5. The van der Waals surface area contributed by atoms with E-state index in [1.54, 1.807) is 60.6 Å². The number of amides is 2. The molecule has 188 valence electrons. The number of esters is 1. The van der Waals surface area contributed by atoms with Gasteiger partial charge in [-0.05, 0) is 55.2 Å². The van der Waals surface area contributed by atoms with Crippen molar-refractivity contribution < 1.29 is 23.9 Å². The minimum Gasteiger partial charge on any atom is -0.484 e. The van der Waals surface area contributed by atoms with Crippen LogP contribution in [0.5, 0.6) is 5.75 Å². The Hall–Kier alpha value is -3.94. The summed E-state index contributed by atoms with van der Waals surface area (Å²) < 4.78 is 10.6. The molecule has 1 aliphatic heterocycles. The highest BCUT2D eigenvalue weighted by Gasteiger charge is 2.37. The second-order valence-electron chi connectivity index (χ2n) is 9.02. The molecule has 1 N–H and O–H groups in total. The van der Waals surface area contributed by atoms with Gasteiger partial charge in [-0.3, -0.25) is 14.6 Å². The molecule has 2 aliphatic rings. The number of hydrogen-bond donors (Lipinski definition) is 1. The first kappa shape index (κ1) is 25.2. The lowest BCUT2D eigenvalue weighted by Gasteiger charge is -2.22. The Balaban J connectivity index is 1.45. The molecule has 0 atom stereocenters. The Labute approximate surface area is 211 Å². The molecule has 2 heterocycles. The summed E-state index contributed by atoms with van der Waals surface area (Å²) in [5.41, 5.74) is 2.61. The molecule has 1 aromatic carbocycles. The molecule has 2 aromatic rings. The molecule has 1 aliphatic carbocycles. The minimum absolute atomic E-state index is 0.0485. The first-order valence-corrected chi connectivity index (χ1v) is 12.2. The number of aromatic nitrogens is 1. The molecule has 1 saturated carbocycles. The van der Waals surface area contributed by atoms with Crippen molar-refractivity contribution in [2.75, 3.05) is 13.7 Å². The molecule has 0 bridgehead atoms. The van der Waals surface area contributed by atoms with Gasteiger partial charge in [0.05, 0.1) is 24.8 Å². The third-order valence-electron chi connectivity index (χ3n) is 6.50. The lowest BCUT2D eigenvalue weighted by Crippen LogP contribution is -2.38. The molecule has 0 unspecified atom stereocenters. The molecule has 2 amide bonds. The Bertz CT molecular complexity index is 1170. The molecular formula is C28H31N3O5. The van der Waals surface area contributed by atoms with E-state index in [1.807, 2.05) is 6.07 Å². The quantitative estimate of drug-likeness (QED) is 0.448. The van der Waals surface area contributed by atoms with Gasteiger partial charge in [-0.2, -0.15) is 0 Å². The second-order valence-corrected chi connectivity index (χ2v) is 9.02. The highest BCUT2D eigenvalue weighted by molar-refractivity contribution is 6.16. The normalized spacial score (nSPS) is 17.4. The maximum atomic E-state index is 13.3. The molecule has 0 spiro atoms. The van der Waals surface area contributed by atoms with Crippen LogP contribution in [0.25, 0.3) is 6.08 Å². The van der Waals surface area contributed by atoms with Crippen LogP contribution in [0.4, 0.5) is 0 Å². The largest absolute Gasteiger partial charge is 0.484 e. The third kappa shape index (κ3) is 6.00. The van der Waals surface area contributed by atoms with Gasteiger partial charge in [0, 0.05) is 24.1 Å². The van der Waals surface area contributed by atoms with E-state index in [4.69, 9.17) is 9.47 Å². The van der Waals surface area contributed by atoms with Crippen molar-refractivity contribution in [3.05, 3.63) is 76.8 Å². The van der Waals surface area contributed by atoms with Crippen LogP contribution in [-0.4, -0.2) is 47.4 Å². The van der Waals surface area contributed by atoms with Gasteiger partial charge < -0.3 is 19.7 Å². The summed E-state index contributed by atoms with van der Waals surface area (Å²) >= 11 is 0. The van der Waals surface area contributed by atoms with Gasteiger partial charge in [-0.15, -0.1) is 0 Å². The Kier molecular flexibility index (Phi) is 8.15. The summed E-state index contributed by atoms with van der Waals surface area (Å²) in [6.07, 6.45) is 10.6. The molecule has 0 saturated heterocycles. The van der Waals surface area contributed by atoms with Crippen LogP contribution < -0.4 is 10.1 Å². The van der Waals surface area contributed by atoms with E-state index in [1.165, 1.54) is 13.5 Å². The number of nitrogens with one attached hydrogen (secondary N) is 1. The van der Waals surface area contributed by atoms with Crippen molar-refractivity contribution in [1.29, 1.82) is 0 Å². The minimum atomic E-state index is -0.565. The molecule has 1 fully saturated rings. The second kappa shape index (κ2) is 11.7. The number of benzene rings is 1. The zero-order valence-corrected chi connectivity index (χ0v) is 20.7. The van der Waals surface area contributed by atoms with E-state index >= 15 is 0 Å². The fourth-order valence-corrected chi connectivity index (χ4v) is 4.58. The topological polar surface area (TPSA) is 97.8 Å². The maximum absolute atomic E-state index is 13.3. The highest BCUT2D eigenvalue weighted by atomic mass is 16.5. The zero-order valence-electron chi connectivity index (χ0n) is 20.7. The fraction of sp³-hybridized carbons (Fsp3) is 0.357. The third-order valence-corrected chi connectivity index (χ3v) is 6.50. The van der Waals surface area contributed by atoms with E-state index in [-0.39, 0.29) is 35.6 Å². The zero-order chi connectivity index (χ0) is 25.5. The van der Waals surface area contributed by atoms with Crippen LogP contribution in [0, 0.1) is 0 Å². The molecule has 8 nitrogen and oxygen atoms in total. The van der Waals surface area contributed by atoms with E-state index in [9.17, 15) is 14.4 Å². The van der Waals surface area contributed by atoms with Crippen molar-refractivity contribution in [3.63, 3.8) is 0 Å². The Morgan fingerprint density at radius 1 is 1.14 bits per heavy atom. The van der Waals surface area contributed by atoms with E-state index in [0.29, 0.717) is 18.0 Å². The first-order valence-electron chi connectivity index (χ1n) is 12.2. The Morgan fingerprint density at radius 3 is 2.56 bits per heavy atom. The number of nitrogens with zero attached hydrogens (tertiary/aromatic N) is 2. The summed E-state index contributed by atoms with van der Waals surface area (Å²) in [6.45, 7) is 1.98. The van der Waals surface area contributed by atoms with Gasteiger partial charge in [0.25, 0.3) is 11.8 Å². The number of carbonyl (C=O) groups is 3. The molecular weight excluding hydrogens is 458 g/mol. The van der Waals surface area contributed by atoms with Gasteiger partial charge >= 0.3 is 5.97 Å². The van der Waals surface area contributed by atoms with E-state index in [2.05, 4.69) is 10.3 Å². The summed E-state index contributed by atoms with van der Waals surface area (Å²) in [7, 11) is 1.30. The number of rotatable bonds is 8. The number of allylic oxidation sites excluding steroid dienone is 1. The predicted molar refractivity (Wildman–Crippen MR) is 134 cm³/mol. The molecule has 4 rings (SSSR count). The number of pyridine rings is 1. The summed E-state index contributed by atoms with van der Waals surface area (Å²) in [4.78, 5) is 43.7. The summed E-state index contributed by atoms with van der Waals surface area (Å²) in [5, 5.41) is 3.03. The van der Waals surface area contributed by atoms with E-state index < -0.39 is 5.97 Å². The smallest absolute Gasteiger partial charge is 0.340 e. The van der Waals surface area contributed by atoms with Gasteiger partial charge in [-0.25, -0.2) is 4.79 Å². The fourth-order valence-electron chi connectivity index (χ4n) is 4.58. The van der Waals surface area contributed by atoms with Gasteiger partial charge in [0.15, 0.2) is 6.61 Å². The number of ether oxygens (including phenoxy) is 2. The van der Waals surface area contributed by atoms with Crippen molar-refractivity contribution in [2.24, 2.45) is 0 Å². The van der Waals surface area contributed by atoms with E-state index in [0.717, 1.165) is 36.8 Å². The van der Waals surface area contributed by atoms with Crippen molar-refractivity contribution in [3.8, 4) is 5.75 Å². The number of methoxy groups -OCH3 is 1. The van der Waals surface area contributed by atoms with Crippen LogP contribution in [0.15, 0.2) is 65.6 Å². The monoisotopic (exact) mass is 489 g/mol.